The van der Waals surface area contributed by atoms with Crippen molar-refractivity contribution in [3.05, 3.63) is 65.1 Å². The van der Waals surface area contributed by atoms with Crippen LogP contribution in [0.25, 0.3) is 32.6 Å². The molecule has 1 aliphatic rings. The predicted octanol–water partition coefficient (Wildman–Crippen LogP) is 4.71. The normalized spacial score (nSPS) is 14.0. The maximum Gasteiger partial charge on any atom is 0.490 e. The topological polar surface area (TPSA) is 124 Å². The molecule has 0 spiro atoms. The van der Waals surface area contributed by atoms with Crippen LogP contribution in [-0.4, -0.2) is 63.5 Å². The molecule has 0 aliphatic carbocycles. The van der Waals surface area contributed by atoms with Crippen LogP contribution >= 0.6 is 11.8 Å². The lowest BCUT2D eigenvalue weighted by Crippen LogP contribution is -2.36. The van der Waals surface area contributed by atoms with Gasteiger partial charge < -0.3 is 24.7 Å². The summed E-state index contributed by atoms with van der Waals surface area (Å²) in [6, 6.07) is 8.38. The van der Waals surface area contributed by atoms with Crippen LogP contribution in [0, 0.1) is 5.82 Å². The molecule has 0 atom stereocenters. The van der Waals surface area contributed by atoms with E-state index in [1.807, 2.05) is 6.20 Å². The van der Waals surface area contributed by atoms with Crippen LogP contribution in [-0.2, 0) is 9.53 Å². The number of alkyl halides is 3. The largest absolute Gasteiger partial charge is 0.490 e. The van der Waals surface area contributed by atoms with E-state index in [-0.39, 0.29) is 11.4 Å². The van der Waals surface area contributed by atoms with E-state index in [9.17, 15) is 22.4 Å². The number of H-pyrrole nitrogens is 2. The van der Waals surface area contributed by atoms with Gasteiger partial charge >= 0.3 is 12.1 Å². The fraction of sp³-hybridized carbons (Fsp3) is 0.200. The fourth-order valence-corrected chi connectivity index (χ4v) is 5.05. The quantitative estimate of drug-likeness (QED) is 0.214. The van der Waals surface area contributed by atoms with Crippen molar-refractivity contribution in [1.29, 1.82) is 0 Å². The average molecular weight is 562 g/mol. The number of aliphatic carboxylic acids is 1. The highest BCUT2D eigenvalue weighted by molar-refractivity contribution is 7.99. The second-order valence-electron chi connectivity index (χ2n) is 8.43. The average Bonchev–Trinajstić information content (AvgIpc) is 3.33. The first kappa shape index (κ1) is 26.4. The van der Waals surface area contributed by atoms with Crippen molar-refractivity contribution < 1.29 is 32.2 Å². The number of nitrogens with zero attached hydrogens (tertiary/aromatic N) is 3. The van der Waals surface area contributed by atoms with E-state index in [0.29, 0.717) is 40.0 Å². The third-order valence-corrected chi connectivity index (χ3v) is 6.80. The van der Waals surface area contributed by atoms with E-state index in [0.717, 1.165) is 34.6 Å². The molecule has 0 radical (unpaired) electrons. The summed E-state index contributed by atoms with van der Waals surface area (Å²) >= 11 is 1.47. The maximum absolute atomic E-state index is 14.0. The van der Waals surface area contributed by atoms with Crippen LogP contribution in [0.3, 0.4) is 0 Å². The molecule has 1 fully saturated rings. The van der Waals surface area contributed by atoms with Crippen molar-refractivity contribution >= 4 is 56.0 Å². The summed E-state index contributed by atoms with van der Waals surface area (Å²) < 4.78 is 51.2. The van der Waals surface area contributed by atoms with Gasteiger partial charge in [-0.3, -0.25) is 9.78 Å². The Hall–Kier alpha value is -4.17. The fourth-order valence-electron chi connectivity index (χ4n) is 4.24. The number of pyridine rings is 2. The van der Waals surface area contributed by atoms with E-state index >= 15 is 0 Å². The number of carbonyl (C=O) groups is 1. The third-order valence-electron chi connectivity index (χ3n) is 5.95. The maximum atomic E-state index is 14.0. The van der Waals surface area contributed by atoms with Crippen LogP contribution in [0.4, 0.5) is 23.2 Å². The van der Waals surface area contributed by atoms with Crippen molar-refractivity contribution in [2.45, 2.75) is 16.2 Å². The number of morpholine rings is 1. The lowest BCUT2D eigenvalue weighted by atomic mass is 10.0. The minimum Gasteiger partial charge on any atom is -0.475 e. The van der Waals surface area contributed by atoms with Gasteiger partial charge in [-0.05, 0) is 30.3 Å². The zero-order valence-electron chi connectivity index (χ0n) is 19.9. The molecule has 6 rings (SSSR count). The van der Waals surface area contributed by atoms with Crippen molar-refractivity contribution in [1.82, 2.24) is 19.9 Å². The standard InChI is InChI=1S/C23H18FN5O2S.C2HF3O2/c24-13-1-2-16-18(9-13)19-17(3-4-26-22(19)30)21-20(16)27-23(28-21)32-15-10-14(11-25-12-15)29-5-7-31-8-6-29;3-2(4,5)1(6)7/h1-4,9-12H,5-8H2,(H,26,30)(H,27,28);(H,6,7). The highest BCUT2D eigenvalue weighted by Crippen LogP contribution is 2.36. The summed E-state index contributed by atoms with van der Waals surface area (Å²) in [5, 5.41) is 10.2. The molecule has 1 saturated heterocycles. The van der Waals surface area contributed by atoms with Crippen LogP contribution in [0.5, 0.6) is 0 Å². The van der Waals surface area contributed by atoms with Gasteiger partial charge in [0.1, 0.15) is 5.82 Å². The second kappa shape index (κ2) is 10.5. The number of benzene rings is 2. The Morgan fingerprint density at radius 1 is 1.08 bits per heavy atom. The second-order valence-corrected chi connectivity index (χ2v) is 9.50. The number of carboxylic acids is 1. The minimum absolute atomic E-state index is 0.264. The van der Waals surface area contributed by atoms with Gasteiger partial charge in [0.2, 0.25) is 0 Å². The molecule has 39 heavy (non-hydrogen) atoms. The molecule has 3 N–H and O–H groups in total. The summed E-state index contributed by atoms with van der Waals surface area (Å²) in [6.07, 6.45) is 0.167. The van der Waals surface area contributed by atoms with Gasteiger partial charge in [-0.1, -0.05) is 11.8 Å². The van der Waals surface area contributed by atoms with Gasteiger partial charge in [-0.2, -0.15) is 13.2 Å². The monoisotopic (exact) mass is 561 g/mol. The lowest BCUT2D eigenvalue weighted by Gasteiger charge is -2.28. The molecule has 2 aromatic carbocycles. The molecule has 5 aromatic rings. The van der Waals surface area contributed by atoms with Crippen molar-refractivity contribution in [3.63, 3.8) is 0 Å². The number of carboxylic acid groups (broad SMARTS) is 1. The van der Waals surface area contributed by atoms with Crippen molar-refractivity contribution in [2.75, 3.05) is 31.2 Å². The van der Waals surface area contributed by atoms with Gasteiger partial charge in [0.15, 0.2) is 5.16 Å². The summed E-state index contributed by atoms with van der Waals surface area (Å²) in [5.74, 6) is -3.14. The molecular weight excluding hydrogens is 542 g/mol. The molecule has 0 unspecified atom stereocenters. The summed E-state index contributed by atoms with van der Waals surface area (Å²) in [5.41, 5.74) is 2.25. The smallest absolute Gasteiger partial charge is 0.475 e. The molecule has 202 valence electrons. The van der Waals surface area contributed by atoms with Crippen molar-refractivity contribution in [3.8, 4) is 0 Å². The Morgan fingerprint density at radius 2 is 1.82 bits per heavy atom. The van der Waals surface area contributed by atoms with E-state index in [1.165, 1.54) is 23.9 Å². The Bertz CT molecular complexity index is 1750. The zero-order chi connectivity index (χ0) is 27.7. The van der Waals surface area contributed by atoms with E-state index < -0.39 is 12.1 Å². The lowest BCUT2D eigenvalue weighted by molar-refractivity contribution is -0.192. The highest BCUT2D eigenvalue weighted by atomic mass is 32.2. The molecule has 3 aromatic heterocycles. The SMILES string of the molecule is O=C(O)C(F)(F)F.O=c1[nH]ccc2c3nc(Sc4cncc(N5CCOCC5)c4)[nH]c3c3ccc(F)cc3c12. The molecule has 0 saturated carbocycles. The van der Waals surface area contributed by atoms with Gasteiger partial charge in [-0.25, -0.2) is 14.2 Å². The first-order valence-corrected chi connectivity index (χ1v) is 12.3. The Kier molecular flexibility index (Phi) is 7.14. The summed E-state index contributed by atoms with van der Waals surface area (Å²) in [6.45, 7) is 3.09. The van der Waals surface area contributed by atoms with Gasteiger partial charge in [-0.15, -0.1) is 0 Å². The van der Waals surface area contributed by atoms with Crippen LogP contribution < -0.4 is 10.5 Å². The van der Waals surface area contributed by atoms with E-state index in [4.69, 9.17) is 19.6 Å². The minimum atomic E-state index is -5.08. The third kappa shape index (κ3) is 5.52. The highest BCUT2D eigenvalue weighted by Gasteiger charge is 2.38. The van der Waals surface area contributed by atoms with Crippen LogP contribution in [0.15, 0.2) is 63.8 Å². The number of rotatable bonds is 3. The molecule has 0 bridgehead atoms. The van der Waals surface area contributed by atoms with Crippen molar-refractivity contribution in [2.24, 2.45) is 0 Å². The zero-order valence-corrected chi connectivity index (χ0v) is 20.7. The van der Waals surface area contributed by atoms with Crippen LogP contribution in [0.1, 0.15) is 0 Å². The van der Waals surface area contributed by atoms with Crippen LogP contribution in [0.2, 0.25) is 0 Å². The van der Waals surface area contributed by atoms with Gasteiger partial charge in [0.05, 0.1) is 41.5 Å². The number of aromatic amines is 2. The number of nitrogens with one attached hydrogen (secondary N) is 2. The first-order chi connectivity index (χ1) is 18.6. The first-order valence-electron chi connectivity index (χ1n) is 11.5. The van der Waals surface area contributed by atoms with Gasteiger partial charge in [0.25, 0.3) is 5.56 Å². The number of anilines is 1. The number of hydrogen-bond donors (Lipinski definition) is 3. The number of aromatic nitrogens is 4. The van der Waals surface area contributed by atoms with E-state index in [2.05, 4.69) is 25.9 Å². The molecular formula is C25H19F4N5O4S. The predicted molar refractivity (Wildman–Crippen MR) is 137 cm³/mol. The Balaban J connectivity index is 0.000000392. The summed E-state index contributed by atoms with van der Waals surface area (Å²) in [7, 11) is 0. The molecule has 1 aliphatic heterocycles. The number of hydrogen-bond acceptors (Lipinski definition) is 7. The number of imidazole rings is 1. The molecule has 14 heteroatoms. The Labute approximate surface area is 220 Å². The molecule has 9 nitrogen and oxygen atoms in total. The van der Waals surface area contributed by atoms with E-state index in [1.54, 1.807) is 24.5 Å². The summed E-state index contributed by atoms with van der Waals surface area (Å²) in [4.78, 5) is 39.9. The molecule has 4 heterocycles. The number of ether oxygens (including phenoxy) is 1. The van der Waals surface area contributed by atoms with Gasteiger partial charge in [0, 0.05) is 46.5 Å². The number of fused-ring (bicyclic) bond motifs is 6. The molecule has 0 amide bonds. The Morgan fingerprint density at radius 3 is 2.54 bits per heavy atom. The number of halogens is 4.